The fraction of sp³-hybridized carbons (Fsp3) is 0.263. The summed E-state index contributed by atoms with van der Waals surface area (Å²) in [6, 6.07) is 6.27. The number of phenols is 2. The maximum Gasteiger partial charge on any atom is 0.189 e. The van der Waals surface area contributed by atoms with Gasteiger partial charge in [0.2, 0.25) is 0 Å². The molecule has 0 amide bonds. The molecule has 5 N–H and O–H groups in total. The lowest BCUT2D eigenvalue weighted by Gasteiger charge is -2.08. The van der Waals surface area contributed by atoms with E-state index < -0.39 is 0 Å². The first-order chi connectivity index (χ1) is 13.1. The molecule has 0 radical (unpaired) electrons. The molecule has 27 heavy (non-hydrogen) atoms. The van der Waals surface area contributed by atoms with Gasteiger partial charge in [-0.05, 0) is 24.3 Å². The summed E-state index contributed by atoms with van der Waals surface area (Å²) in [5, 5.41) is 26.6. The highest BCUT2D eigenvalue weighted by molar-refractivity contribution is 6.23. The first-order valence-electron chi connectivity index (χ1n) is 8.63. The number of methoxy groups -OCH3 is 1. The van der Waals surface area contributed by atoms with E-state index in [4.69, 9.17) is 10.5 Å². The van der Waals surface area contributed by atoms with Crippen molar-refractivity contribution in [2.75, 3.05) is 26.8 Å². The Balaban J connectivity index is 2.27. The smallest absolute Gasteiger partial charge is 0.189 e. The number of hydrogen-bond acceptors (Lipinski definition) is 6. The molecule has 3 aromatic carbocycles. The van der Waals surface area contributed by atoms with Crippen molar-refractivity contribution >= 4 is 32.6 Å². The zero-order valence-corrected chi connectivity index (χ0v) is 14.8. The van der Waals surface area contributed by atoms with Gasteiger partial charge in [-0.2, -0.15) is 0 Å². The van der Waals surface area contributed by atoms with Crippen LogP contribution >= 0.6 is 0 Å². The lowest BCUT2D eigenvalue weighted by atomic mass is 9.99. The lowest BCUT2D eigenvalue weighted by molar-refractivity contribution is 0.185. The molecular weight excluding hydrogens is 348 g/mol. The summed E-state index contributed by atoms with van der Waals surface area (Å²) >= 11 is 0. The molecule has 0 spiro atoms. The van der Waals surface area contributed by atoms with Gasteiger partial charge in [0, 0.05) is 19.0 Å². The first kappa shape index (κ1) is 17.3. The summed E-state index contributed by atoms with van der Waals surface area (Å²) in [6.07, 6.45) is 0. The molecule has 0 saturated carbocycles. The number of phenolic OH excluding ortho intramolecular Hbond substituents is 2. The average Bonchev–Trinajstić information content (AvgIpc) is 3.03. The first-order valence-corrected chi connectivity index (χ1v) is 8.63. The molecule has 1 heterocycles. The third-order valence-corrected chi connectivity index (χ3v) is 4.75. The molecule has 0 saturated heterocycles. The Labute approximate surface area is 153 Å². The maximum atomic E-state index is 12.6. The number of aromatic amines is 1. The number of nitrogens with two attached hydrogens (primary N) is 1. The van der Waals surface area contributed by atoms with Gasteiger partial charge in [-0.3, -0.25) is 19.6 Å². The van der Waals surface area contributed by atoms with E-state index in [1.54, 1.807) is 13.2 Å². The molecule has 0 fully saturated rings. The van der Waals surface area contributed by atoms with Gasteiger partial charge in [0.05, 0.1) is 52.2 Å². The Hall–Kier alpha value is -3.10. The van der Waals surface area contributed by atoms with Crippen molar-refractivity contribution in [3.05, 3.63) is 39.8 Å². The second-order valence-corrected chi connectivity index (χ2v) is 6.34. The van der Waals surface area contributed by atoms with E-state index in [9.17, 15) is 15.0 Å². The lowest BCUT2D eigenvalue weighted by Crippen LogP contribution is -2.10. The number of nitrogens with one attached hydrogen (secondary N) is 1. The van der Waals surface area contributed by atoms with Gasteiger partial charge in [0.1, 0.15) is 11.5 Å². The Kier molecular flexibility index (Phi) is 4.21. The standard InChI is InChI=1S/C19H20N4O4/c1-27-9-8-23-11-3-2-10(21-7-6-20)14-15(11)18(22-23)16-12(24)4-5-13(25)17(16)19(14)26/h2-5,22,25-26H,6-9,20H2,1H3. The molecule has 0 aliphatic carbocycles. The van der Waals surface area contributed by atoms with Gasteiger partial charge in [-0.15, -0.1) is 0 Å². The highest BCUT2D eigenvalue weighted by atomic mass is 16.5. The topological polar surface area (TPSA) is 126 Å². The number of rotatable bonds is 5. The molecule has 0 bridgehead atoms. The van der Waals surface area contributed by atoms with E-state index in [1.807, 2.05) is 10.7 Å². The van der Waals surface area contributed by atoms with Gasteiger partial charge in [0.25, 0.3) is 0 Å². The van der Waals surface area contributed by atoms with Crippen LogP contribution < -0.4 is 16.5 Å². The number of H-pyrrole nitrogens is 1. The van der Waals surface area contributed by atoms with Crippen molar-refractivity contribution in [3.63, 3.8) is 0 Å². The monoisotopic (exact) mass is 368 g/mol. The quantitative estimate of drug-likeness (QED) is 0.391. The van der Waals surface area contributed by atoms with Gasteiger partial charge in [0.15, 0.2) is 5.43 Å². The summed E-state index contributed by atoms with van der Waals surface area (Å²) in [4.78, 5) is 17.0. The summed E-state index contributed by atoms with van der Waals surface area (Å²) in [5.74, 6) is -0.320. The van der Waals surface area contributed by atoms with E-state index in [-0.39, 0.29) is 27.7 Å². The van der Waals surface area contributed by atoms with Gasteiger partial charge >= 0.3 is 0 Å². The fourth-order valence-corrected chi connectivity index (χ4v) is 3.59. The number of ether oxygens (including phenoxy) is 1. The number of aromatic hydroxyl groups is 2. The number of nitrogens with zero attached hydrogens (tertiary/aromatic N) is 2. The second kappa shape index (κ2) is 6.57. The minimum Gasteiger partial charge on any atom is -0.507 e. The van der Waals surface area contributed by atoms with Crippen LogP contribution in [0.3, 0.4) is 0 Å². The van der Waals surface area contributed by atoms with Gasteiger partial charge < -0.3 is 20.7 Å². The summed E-state index contributed by atoms with van der Waals surface area (Å²) < 4.78 is 7.02. The SMILES string of the molecule is COCCn1[nH]c2c3c(=O)ccc(O)c3c(O)c3c(=NCCN)ccc1c32. The molecule has 0 unspecified atom stereocenters. The molecule has 0 aliphatic rings. The number of benzene rings is 3. The molecular formula is C19H20N4O4. The van der Waals surface area contributed by atoms with E-state index >= 15 is 0 Å². The van der Waals surface area contributed by atoms with Crippen LogP contribution in [0.15, 0.2) is 34.1 Å². The molecule has 8 nitrogen and oxygen atoms in total. The number of fused-ring (bicyclic) bond motifs is 2. The predicted octanol–water partition coefficient (Wildman–Crippen LogP) is 0.991. The largest absolute Gasteiger partial charge is 0.507 e. The fourth-order valence-electron chi connectivity index (χ4n) is 3.59. The van der Waals surface area contributed by atoms with Crippen LogP contribution in [0.4, 0.5) is 0 Å². The minimum atomic E-state index is -0.286. The molecule has 4 aromatic rings. The highest BCUT2D eigenvalue weighted by Gasteiger charge is 2.21. The average molecular weight is 368 g/mol. The number of aromatic nitrogens is 2. The van der Waals surface area contributed by atoms with Gasteiger partial charge in [-0.25, -0.2) is 0 Å². The highest BCUT2D eigenvalue weighted by Crippen LogP contribution is 2.41. The van der Waals surface area contributed by atoms with E-state index in [2.05, 4.69) is 10.1 Å². The second-order valence-electron chi connectivity index (χ2n) is 6.34. The maximum absolute atomic E-state index is 12.6. The molecule has 140 valence electrons. The van der Waals surface area contributed by atoms with Crippen LogP contribution in [0.2, 0.25) is 0 Å². The molecule has 0 atom stereocenters. The van der Waals surface area contributed by atoms with E-state index in [1.165, 1.54) is 12.1 Å². The Morgan fingerprint density at radius 1 is 1.15 bits per heavy atom. The van der Waals surface area contributed by atoms with Crippen LogP contribution in [-0.2, 0) is 11.3 Å². The molecule has 4 rings (SSSR count). The number of hydrogen-bond donors (Lipinski definition) is 4. The molecule has 0 aliphatic heterocycles. The zero-order chi connectivity index (χ0) is 19.1. The third kappa shape index (κ3) is 2.53. The minimum absolute atomic E-state index is 0.118. The van der Waals surface area contributed by atoms with Gasteiger partial charge in [-0.1, -0.05) is 0 Å². The zero-order valence-electron chi connectivity index (χ0n) is 14.8. The van der Waals surface area contributed by atoms with Crippen molar-refractivity contribution in [1.29, 1.82) is 0 Å². The van der Waals surface area contributed by atoms with Crippen molar-refractivity contribution in [3.8, 4) is 11.5 Å². The predicted molar refractivity (Wildman–Crippen MR) is 103 cm³/mol. The Morgan fingerprint density at radius 3 is 2.70 bits per heavy atom. The van der Waals surface area contributed by atoms with Crippen LogP contribution in [0.5, 0.6) is 11.5 Å². The normalized spacial score (nSPS) is 12.7. The van der Waals surface area contributed by atoms with Crippen molar-refractivity contribution in [2.45, 2.75) is 6.54 Å². The van der Waals surface area contributed by atoms with E-state index in [0.717, 1.165) is 5.52 Å². The summed E-state index contributed by atoms with van der Waals surface area (Å²) in [6.45, 7) is 1.78. The van der Waals surface area contributed by atoms with Crippen LogP contribution in [0.25, 0.3) is 32.6 Å². The van der Waals surface area contributed by atoms with Crippen LogP contribution in [-0.4, -0.2) is 46.8 Å². The van der Waals surface area contributed by atoms with Crippen molar-refractivity contribution in [2.24, 2.45) is 10.7 Å². The van der Waals surface area contributed by atoms with E-state index in [0.29, 0.717) is 47.9 Å². The van der Waals surface area contributed by atoms with Crippen LogP contribution in [0, 0.1) is 0 Å². The van der Waals surface area contributed by atoms with Crippen molar-refractivity contribution < 1.29 is 14.9 Å². The molecule has 1 aromatic heterocycles. The Bertz CT molecular complexity index is 1270. The molecule has 8 heteroatoms. The Morgan fingerprint density at radius 2 is 1.96 bits per heavy atom. The van der Waals surface area contributed by atoms with Crippen molar-refractivity contribution in [1.82, 2.24) is 9.78 Å². The summed E-state index contributed by atoms with van der Waals surface area (Å²) in [5.41, 5.74) is 6.64. The van der Waals surface area contributed by atoms with Crippen LogP contribution in [0.1, 0.15) is 0 Å². The summed E-state index contributed by atoms with van der Waals surface area (Å²) in [7, 11) is 1.61. The third-order valence-electron chi connectivity index (χ3n) is 4.75.